The first-order chi connectivity index (χ1) is 22.3. The number of rotatable bonds is 1. The van der Waals surface area contributed by atoms with Crippen molar-refractivity contribution in [2.24, 2.45) is 0 Å². The average molecular weight is 568 g/mol. The lowest BCUT2D eigenvalue weighted by Gasteiger charge is -2.41. The van der Waals surface area contributed by atoms with Crippen molar-refractivity contribution >= 4 is 89.0 Å². The smallest absolute Gasteiger partial charge is 0.333 e. The van der Waals surface area contributed by atoms with Crippen LogP contribution in [0.4, 0.5) is 17.1 Å². The number of hydrogen-bond donors (Lipinski definition) is 0. The van der Waals surface area contributed by atoms with Gasteiger partial charge in [-0.15, -0.1) is 0 Å². The summed E-state index contributed by atoms with van der Waals surface area (Å²) in [5.41, 5.74) is 11.7. The van der Waals surface area contributed by atoms with Crippen LogP contribution in [-0.4, -0.2) is 11.3 Å². The molecule has 0 N–H and O–H groups in total. The summed E-state index contributed by atoms with van der Waals surface area (Å²) in [5.74, 6) is 0. The van der Waals surface area contributed by atoms with Gasteiger partial charge in [-0.1, -0.05) is 109 Å². The topological polar surface area (TPSA) is 8.17 Å². The molecule has 2 nitrogen and oxygen atoms in total. The summed E-state index contributed by atoms with van der Waals surface area (Å²) >= 11 is 0. The van der Waals surface area contributed by atoms with Crippen molar-refractivity contribution in [2.75, 3.05) is 4.90 Å². The summed E-state index contributed by atoms with van der Waals surface area (Å²) in [6.07, 6.45) is 0. The molecule has 11 rings (SSSR count). The van der Waals surface area contributed by atoms with Crippen LogP contribution in [0.15, 0.2) is 152 Å². The molecule has 0 aliphatic carbocycles. The second-order valence-corrected chi connectivity index (χ2v) is 12.5. The van der Waals surface area contributed by atoms with E-state index in [4.69, 9.17) is 0 Å². The lowest BCUT2D eigenvalue weighted by molar-refractivity contribution is 1.26. The Morgan fingerprint density at radius 3 is 2.00 bits per heavy atom. The Hall–Kier alpha value is -5.80. The van der Waals surface area contributed by atoms with E-state index in [9.17, 15) is 0 Å². The molecule has 3 heterocycles. The second kappa shape index (κ2) is 8.43. The average Bonchev–Trinajstić information content (AvgIpc) is 3.44. The van der Waals surface area contributed by atoms with Crippen LogP contribution in [-0.2, 0) is 0 Å². The van der Waals surface area contributed by atoms with Gasteiger partial charge in [0.05, 0.1) is 0 Å². The summed E-state index contributed by atoms with van der Waals surface area (Å²) in [6.45, 7) is 0.0325. The molecule has 206 valence electrons. The molecule has 45 heavy (non-hydrogen) atoms. The normalized spacial score (nSPS) is 13.2. The first-order valence-corrected chi connectivity index (χ1v) is 15.7. The minimum atomic E-state index is 0.0325. The van der Waals surface area contributed by atoms with Crippen LogP contribution in [0.25, 0.3) is 65.3 Å². The van der Waals surface area contributed by atoms with E-state index in [0.717, 1.165) is 0 Å². The van der Waals surface area contributed by atoms with E-state index in [1.807, 2.05) is 0 Å². The molecule has 0 unspecified atom stereocenters. The molecule has 0 bridgehead atoms. The molecule has 0 atom stereocenters. The lowest BCUT2D eigenvalue weighted by atomic mass is 9.44. The van der Waals surface area contributed by atoms with Crippen molar-refractivity contribution < 1.29 is 0 Å². The molecule has 0 spiro atoms. The van der Waals surface area contributed by atoms with Gasteiger partial charge < -0.3 is 9.38 Å². The zero-order valence-corrected chi connectivity index (χ0v) is 24.4. The van der Waals surface area contributed by atoms with E-state index in [1.165, 1.54) is 93.2 Å². The largest absolute Gasteiger partial charge is 0.375 e. The first kappa shape index (κ1) is 23.6. The van der Waals surface area contributed by atoms with Gasteiger partial charge in [0.2, 0.25) is 0 Å². The van der Waals surface area contributed by atoms with Crippen molar-refractivity contribution in [3.8, 4) is 11.1 Å². The molecule has 8 aromatic carbocycles. The molecule has 9 aromatic rings. The Labute approximate surface area is 260 Å². The van der Waals surface area contributed by atoms with Gasteiger partial charge in [0.25, 0.3) is 0 Å². The standard InChI is InChI=1S/C42H25BN2/c1-2-11-29(12-3-1)44-38-19-9-15-32-34-17-8-16-33-31-14-6-7-18-37(31)45(42(33)34)43(40(32)38)41-36-25-27-21-20-26-10-4-5-13-30(26)35(27)24-28(36)22-23-39(41)44/h1-25H. The highest BCUT2D eigenvalue weighted by Crippen LogP contribution is 2.46. The van der Waals surface area contributed by atoms with Gasteiger partial charge in [0.15, 0.2) is 0 Å². The van der Waals surface area contributed by atoms with Crippen molar-refractivity contribution in [1.29, 1.82) is 0 Å². The van der Waals surface area contributed by atoms with Crippen LogP contribution in [0, 0.1) is 0 Å². The quantitative estimate of drug-likeness (QED) is 0.109. The second-order valence-electron chi connectivity index (χ2n) is 12.5. The third kappa shape index (κ3) is 2.95. The monoisotopic (exact) mass is 568 g/mol. The zero-order valence-electron chi connectivity index (χ0n) is 24.4. The van der Waals surface area contributed by atoms with Crippen molar-refractivity contribution in [1.82, 2.24) is 4.48 Å². The van der Waals surface area contributed by atoms with Crippen LogP contribution in [0.2, 0.25) is 0 Å². The van der Waals surface area contributed by atoms with Crippen molar-refractivity contribution in [3.05, 3.63) is 152 Å². The number of para-hydroxylation sites is 3. The maximum atomic E-state index is 2.65. The number of aromatic nitrogens is 1. The van der Waals surface area contributed by atoms with Gasteiger partial charge >= 0.3 is 6.85 Å². The van der Waals surface area contributed by atoms with Gasteiger partial charge in [0, 0.05) is 44.4 Å². The Kier molecular flexibility index (Phi) is 4.43. The Morgan fingerprint density at radius 2 is 1.07 bits per heavy atom. The molecule has 0 saturated carbocycles. The first-order valence-electron chi connectivity index (χ1n) is 15.7. The molecular formula is C42H25BN2. The fourth-order valence-electron chi connectivity index (χ4n) is 8.52. The fourth-order valence-corrected chi connectivity index (χ4v) is 8.52. The number of nitrogens with zero attached hydrogens (tertiary/aromatic N) is 2. The van der Waals surface area contributed by atoms with E-state index in [1.54, 1.807) is 0 Å². The maximum Gasteiger partial charge on any atom is 0.333 e. The fraction of sp³-hybridized carbons (Fsp3) is 0. The van der Waals surface area contributed by atoms with E-state index >= 15 is 0 Å². The van der Waals surface area contributed by atoms with Gasteiger partial charge in [-0.2, -0.15) is 0 Å². The van der Waals surface area contributed by atoms with Crippen LogP contribution in [0.5, 0.6) is 0 Å². The molecule has 0 fully saturated rings. The highest BCUT2D eigenvalue weighted by molar-refractivity contribution is 6.91. The number of benzene rings is 8. The van der Waals surface area contributed by atoms with Crippen LogP contribution < -0.4 is 15.8 Å². The zero-order chi connectivity index (χ0) is 29.2. The highest BCUT2D eigenvalue weighted by atomic mass is 15.2. The molecule has 1 aromatic heterocycles. The van der Waals surface area contributed by atoms with E-state index < -0.39 is 0 Å². The predicted molar refractivity (Wildman–Crippen MR) is 193 cm³/mol. The Balaban J connectivity index is 1.35. The molecule has 0 saturated heterocycles. The molecule has 0 radical (unpaired) electrons. The maximum absolute atomic E-state index is 2.65. The summed E-state index contributed by atoms with van der Waals surface area (Å²) < 4.78 is 2.65. The van der Waals surface area contributed by atoms with E-state index in [2.05, 4.69) is 161 Å². The predicted octanol–water partition coefficient (Wildman–Crippen LogP) is 9.67. The van der Waals surface area contributed by atoms with Crippen LogP contribution >= 0.6 is 0 Å². The van der Waals surface area contributed by atoms with Gasteiger partial charge in [-0.05, 0) is 91.3 Å². The summed E-state index contributed by atoms with van der Waals surface area (Å²) in [5, 5.41) is 10.4. The summed E-state index contributed by atoms with van der Waals surface area (Å²) in [4.78, 5) is 2.49. The van der Waals surface area contributed by atoms with Crippen molar-refractivity contribution in [2.45, 2.75) is 0 Å². The van der Waals surface area contributed by atoms with E-state index in [0.29, 0.717) is 0 Å². The summed E-state index contributed by atoms with van der Waals surface area (Å²) in [7, 11) is 0. The molecule has 0 amide bonds. The van der Waals surface area contributed by atoms with Gasteiger partial charge in [0.1, 0.15) is 0 Å². The SMILES string of the molecule is c1ccc(N2c3cccc4c3B(c3c2ccc2cc5c(ccc6ccccc65)cc32)n2c3ccccc3c3cccc-4c32)cc1. The third-order valence-electron chi connectivity index (χ3n) is 10.3. The number of hydrogen-bond acceptors (Lipinski definition) is 1. The molecule has 3 heteroatoms. The minimum Gasteiger partial charge on any atom is -0.375 e. The minimum absolute atomic E-state index is 0.0325. The lowest BCUT2D eigenvalue weighted by Crippen LogP contribution is -2.56. The van der Waals surface area contributed by atoms with Crippen LogP contribution in [0.3, 0.4) is 0 Å². The third-order valence-corrected chi connectivity index (χ3v) is 10.3. The Bertz CT molecular complexity index is 2720. The molecule has 2 aliphatic rings. The number of anilines is 3. The molecule has 2 aliphatic heterocycles. The van der Waals surface area contributed by atoms with E-state index in [-0.39, 0.29) is 6.85 Å². The highest BCUT2D eigenvalue weighted by Gasteiger charge is 2.43. The van der Waals surface area contributed by atoms with Gasteiger partial charge in [-0.3, -0.25) is 0 Å². The van der Waals surface area contributed by atoms with Gasteiger partial charge in [-0.25, -0.2) is 0 Å². The summed E-state index contributed by atoms with van der Waals surface area (Å²) in [6, 6.07) is 56.4. The van der Waals surface area contributed by atoms with Crippen molar-refractivity contribution in [3.63, 3.8) is 0 Å². The van der Waals surface area contributed by atoms with Crippen LogP contribution in [0.1, 0.15) is 0 Å². The number of fused-ring (bicyclic) bond motifs is 12. The molecular weight excluding hydrogens is 543 g/mol. The Morgan fingerprint density at radius 1 is 0.400 bits per heavy atom.